The number of hydrogen-bond donors (Lipinski definition) is 1. The SMILES string of the molecule is CCCNC(C1=COCCC1)c1ccc(F)cc1. The van der Waals surface area contributed by atoms with Gasteiger partial charge in [-0.15, -0.1) is 0 Å². The molecule has 1 aromatic rings. The Labute approximate surface area is 108 Å². The van der Waals surface area contributed by atoms with Gasteiger partial charge in [-0.2, -0.15) is 0 Å². The Kier molecular flexibility index (Phi) is 4.76. The van der Waals surface area contributed by atoms with Crippen LogP contribution in [-0.4, -0.2) is 13.2 Å². The Morgan fingerprint density at radius 2 is 2.11 bits per heavy atom. The normalized spacial score (nSPS) is 16.9. The van der Waals surface area contributed by atoms with Gasteiger partial charge in [0.1, 0.15) is 5.82 Å². The largest absolute Gasteiger partial charge is 0.501 e. The van der Waals surface area contributed by atoms with Crippen LogP contribution in [0.4, 0.5) is 4.39 Å². The molecule has 0 amide bonds. The van der Waals surface area contributed by atoms with Crippen LogP contribution < -0.4 is 5.32 Å². The molecule has 1 atom stereocenters. The summed E-state index contributed by atoms with van der Waals surface area (Å²) in [5, 5.41) is 3.50. The van der Waals surface area contributed by atoms with E-state index < -0.39 is 0 Å². The highest BCUT2D eigenvalue weighted by Crippen LogP contribution is 2.27. The third-order valence-corrected chi connectivity index (χ3v) is 3.13. The summed E-state index contributed by atoms with van der Waals surface area (Å²) in [6.45, 7) is 3.88. The number of hydrogen-bond acceptors (Lipinski definition) is 2. The van der Waals surface area contributed by atoms with Gasteiger partial charge in [-0.25, -0.2) is 4.39 Å². The van der Waals surface area contributed by atoms with Crippen LogP contribution in [0.15, 0.2) is 36.1 Å². The average molecular weight is 249 g/mol. The first-order valence-electron chi connectivity index (χ1n) is 6.60. The van der Waals surface area contributed by atoms with Crippen molar-refractivity contribution in [1.29, 1.82) is 0 Å². The molecule has 1 aromatic carbocycles. The van der Waals surface area contributed by atoms with E-state index in [4.69, 9.17) is 4.74 Å². The highest BCUT2D eigenvalue weighted by Gasteiger charge is 2.18. The first kappa shape index (κ1) is 13.1. The molecule has 98 valence electrons. The topological polar surface area (TPSA) is 21.3 Å². The lowest BCUT2D eigenvalue weighted by molar-refractivity contribution is 0.219. The molecule has 0 saturated heterocycles. The second-order valence-electron chi connectivity index (χ2n) is 4.61. The molecule has 0 bridgehead atoms. The molecular formula is C15H20FNO. The van der Waals surface area contributed by atoms with Crippen LogP contribution in [0, 0.1) is 5.82 Å². The van der Waals surface area contributed by atoms with Crippen LogP contribution >= 0.6 is 0 Å². The van der Waals surface area contributed by atoms with Gasteiger partial charge in [0.15, 0.2) is 0 Å². The van der Waals surface area contributed by atoms with Crippen molar-refractivity contribution in [3.05, 3.63) is 47.5 Å². The predicted octanol–water partition coefficient (Wildman–Crippen LogP) is 3.56. The van der Waals surface area contributed by atoms with Gasteiger partial charge in [0.2, 0.25) is 0 Å². The van der Waals surface area contributed by atoms with Crippen LogP contribution in [0.1, 0.15) is 37.8 Å². The smallest absolute Gasteiger partial charge is 0.123 e. The number of nitrogens with one attached hydrogen (secondary N) is 1. The van der Waals surface area contributed by atoms with E-state index in [2.05, 4.69) is 12.2 Å². The number of rotatable bonds is 5. The van der Waals surface area contributed by atoms with Crippen molar-refractivity contribution in [3.8, 4) is 0 Å². The van der Waals surface area contributed by atoms with Gasteiger partial charge < -0.3 is 10.1 Å². The fourth-order valence-electron chi connectivity index (χ4n) is 2.20. The molecular weight excluding hydrogens is 229 g/mol. The molecule has 3 heteroatoms. The molecule has 0 fully saturated rings. The van der Waals surface area contributed by atoms with E-state index in [9.17, 15) is 4.39 Å². The lowest BCUT2D eigenvalue weighted by Crippen LogP contribution is -2.25. The van der Waals surface area contributed by atoms with E-state index in [-0.39, 0.29) is 11.9 Å². The van der Waals surface area contributed by atoms with Crippen molar-refractivity contribution in [3.63, 3.8) is 0 Å². The highest BCUT2D eigenvalue weighted by molar-refractivity contribution is 5.28. The van der Waals surface area contributed by atoms with Crippen LogP contribution in [-0.2, 0) is 4.74 Å². The number of benzene rings is 1. The van der Waals surface area contributed by atoms with Gasteiger partial charge in [0.25, 0.3) is 0 Å². The summed E-state index contributed by atoms with van der Waals surface area (Å²) < 4.78 is 18.4. The molecule has 2 nitrogen and oxygen atoms in total. The van der Waals surface area contributed by atoms with Gasteiger partial charge in [0.05, 0.1) is 18.9 Å². The van der Waals surface area contributed by atoms with Crippen molar-refractivity contribution in [2.45, 2.75) is 32.2 Å². The van der Waals surface area contributed by atoms with Gasteiger partial charge in [0, 0.05) is 0 Å². The van der Waals surface area contributed by atoms with Crippen LogP contribution in [0.2, 0.25) is 0 Å². The van der Waals surface area contributed by atoms with Gasteiger partial charge >= 0.3 is 0 Å². The summed E-state index contributed by atoms with van der Waals surface area (Å²) in [7, 11) is 0. The summed E-state index contributed by atoms with van der Waals surface area (Å²) in [6, 6.07) is 6.86. The zero-order chi connectivity index (χ0) is 12.8. The minimum atomic E-state index is -0.193. The molecule has 0 saturated carbocycles. The molecule has 1 N–H and O–H groups in total. The maximum atomic E-state index is 13.0. The summed E-state index contributed by atoms with van der Waals surface area (Å²) in [6.07, 6.45) is 5.03. The van der Waals surface area contributed by atoms with Crippen LogP contribution in [0.3, 0.4) is 0 Å². The standard InChI is InChI=1S/C15H20FNO/c1-2-9-17-15(13-4-3-10-18-11-13)12-5-7-14(16)8-6-12/h5-8,11,15,17H,2-4,9-10H2,1H3. The Hall–Kier alpha value is -1.35. The Balaban J connectivity index is 2.18. The quantitative estimate of drug-likeness (QED) is 0.861. The lowest BCUT2D eigenvalue weighted by Gasteiger charge is -2.24. The first-order valence-corrected chi connectivity index (χ1v) is 6.60. The Morgan fingerprint density at radius 3 is 2.72 bits per heavy atom. The second kappa shape index (κ2) is 6.55. The van der Waals surface area contributed by atoms with Gasteiger partial charge in [-0.05, 0) is 49.1 Å². The zero-order valence-corrected chi connectivity index (χ0v) is 10.8. The molecule has 18 heavy (non-hydrogen) atoms. The van der Waals surface area contributed by atoms with Gasteiger partial charge in [-0.1, -0.05) is 19.1 Å². The zero-order valence-electron chi connectivity index (χ0n) is 10.8. The molecule has 1 aliphatic rings. The summed E-state index contributed by atoms with van der Waals surface area (Å²) >= 11 is 0. The Bertz CT molecular complexity index is 399. The minimum absolute atomic E-state index is 0.144. The maximum Gasteiger partial charge on any atom is 0.123 e. The highest BCUT2D eigenvalue weighted by atomic mass is 19.1. The molecule has 0 radical (unpaired) electrons. The first-order chi connectivity index (χ1) is 8.81. The van der Waals surface area contributed by atoms with E-state index >= 15 is 0 Å². The van der Waals surface area contributed by atoms with E-state index in [0.29, 0.717) is 0 Å². The second-order valence-corrected chi connectivity index (χ2v) is 4.61. The van der Waals surface area contributed by atoms with Crippen LogP contribution in [0.25, 0.3) is 0 Å². The lowest BCUT2D eigenvalue weighted by atomic mass is 9.95. The Morgan fingerprint density at radius 1 is 1.33 bits per heavy atom. The average Bonchev–Trinajstić information content (AvgIpc) is 2.42. The molecule has 0 spiro atoms. The molecule has 1 unspecified atom stereocenters. The van der Waals surface area contributed by atoms with E-state index in [1.165, 1.54) is 17.7 Å². The predicted molar refractivity (Wildman–Crippen MR) is 70.7 cm³/mol. The molecule has 1 aliphatic heterocycles. The van der Waals surface area contributed by atoms with E-state index in [0.717, 1.165) is 38.0 Å². The minimum Gasteiger partial charge on any atom is -0.501 e. The van der Waals surface area contributed by atoms with Crippen molar-refractivity contribution in [2.24, 2.45) is 0 Å². The monoisotopic (exact) mass is 249 g/mol. The summed E-state index contributed by atoms with van der Waals surface area (Å²) in [4.78, 5) is 0. The van der Waals surface area contributed by atoms with Crippen molar-refractivity contribution in [1.82, 2.24) is 5.32 Å². The maximum absolute atomic E-state index is 13.0. The van der Waals surface area contributed by atoms with Crippen LogP contribution in [0.5, 0.6) is 0 Å². The number of halogens is 1. The fourth-order valence-corrected chi connectivity index (χ4v) is 2.20. The molecule has 0 aromatic heterocycles. The van der Waals surface area contributed by atoms with Gasteiger partial charge in [-0.3, -0.25) is 0 Å². The van der Waals surface area contributed by atoms with E-state index in [1.807, 2.05) is 18.4 Å². The van der Waals surface area contributed by atoms with Crippen molar-refractivity contribution >= 4 is 0 Å². The number of ether oxygens (including phenoxy) is 1. The molecule has 1 heterocycles. The summed E-state index contributed by atoms with van der Waals surface area (Å²) in [5.74, 6) is -0.193. The molecule has 0 aliphatic carbocycles. The summed E-state index contributed by atoms with van der Waals surface area (Å²) in [5.41, 5.74) is 2.35. The molecule has 2 rings (SSSR count). The fraction of sp³-hybridized carbons (Fsp3) is 0.467. The third-order valence-electron chi connectivity index (χ3n) is 3.13. The third kappa shape index (κ3) is 3.33. The van der Waals surface area contributed by atoms with Crippen molar-refractivity contribution in [2.75, 3.05) is 13.2 Å². The van der Waals surface area contributed by atoms with Crippen molar-refractivity contribution < 1.29 is 9.13 Å². The van der Waals surface area contributed by atoms with E-state index in [1.54, 1.807) is 0 Å².